The lowest BCUT2D eigenvalue weighted by molar-refractivity contribution is -0.125. The first kappa shape index (κ1) is 15.4. The Bertz CT molecular complexity index is 345. The van der Waals surface area contributed by atoms with Gasteiger partial charge in [-0.15, -0.1) is 12.4 Å². The molecule has 0 saturated heterocycles. The molecule has 0 heterocycles. The average Bonchev–Trinajstić information content (AvgIpc) is 2.19. The Balaban J connectivity index is 0.00000225. The largest absolute Gasteiger partial charge is 0.370 e. The number of anilines is 1. The fraction of sp³-hybridized carbons (Fsp3) is 0.300. The molecule has 6 heteroatoms. The van der Waals surface area contributed by atoms with Gasteiger partial charge in [0.15, 0.2) is 0 Å². The average molecular weight is 310 g/mol. The van der Waals surface area contributed by atoms with E-state index in [0.717, 1.165) is 4.47 Å². The summed E-state index contributed by atoms with van der Waals surface area (Å²) in [4.78, 5) is 11.6. The Kier molecular flexibility index (Phi) is 7.33. The SMILES string of the molecule is COC(CN)C(=O)Nc1cccc(Br)c1.Cl. The van der Waals surface area contributed by atoms with Crippen LogP contribution in [-0.4, -0.2) is 25.7 Å². The maximum absolute atomic E-state index is 11.6. The zero-order valence-electron chi connectivity index (χ0n) is 8.77. The molecule has 3 N–H and O–H groups in total. The third kappa shape index (κ3) is 4.49. The van der Waals surface area contributed by atoms with Crippen molar-refractivity contribution in [2.24, 2.45) is 5.73 Å². The number of rotatable bonds is 4. The van der Waals surface area contributed by atoms with Crippen molar-refractivity contribution < 1.29 is 9.53 Å². The highest BCUT2D eigenvalue weighted by Gasteiger charge is 2.15. The van der Waals surface area contributed by atoms with E-state index >= 15 is 0 Å². The first-order chi connectivity index (χ1) is 7.17. The predicted octanol–water partition coefficient (Wildman–Crippen LogP) is 1.78. The van der Waals surface area contributed by atoms with E-state index in [0.29, 0.717) is 5.69 Å². The minimum atomic E-state index is -0.607. The molecule has 4 nitrogen and oxygen atoms in total. The van der Waals surface area contributed by atoms with Gasteiger partial charge in [-0.05, 0) is 18.2 Å². The molecule has 90 valence electrons. The standard InChI is InChI=1S/C10H13BrN2O2.ClH/c1-15-9(6-12)10(14)13-8-4-2-3-7(11)5-8;/h2-5,9H,6,12H2,1H3,(H,13,14);1H. The number of nitrogens with two attached hydrogens (primary N) is 1. The molecule has 0 radical (unpaired) electrons. The quantitative estimate of drug-likeness (QED) is 0.891. The van der Waals surface area contributed by atoms with E-state index in [4.69, 9.17) is 10.5 Å². The highest BCUT2D eigenvalue weighted by Crippen LogP contribution is 2.15. The van der Waals surface area contributed by atoms with E-state index in [2.05, 4.69) is 21.2 Å². The number of carbonyl (C=O) groups excluding carboxylic acids is 1. The molecule has 1 atom stereocenters. The van der Waals surface area contributed by atoms with E-state index in [9.17, 15) is 4.79 Å². The van der Waals surface area contributed by atoms with Gasteiger partial charge in [-0.1, -0.05) is 22.0 Å². The monoisotopic (exact) mass is 308 g/mol. The molecule has 0 aliphatic carbocycles. The minimum Gasteiger partial charge on any atom is -0.370 e. The number of carbonyl (C=O) groups is 1. The van der Waals surface area contributed by atoms with Gasteiger partial charge in [0.05, 0.1) is 0 Å². The highest BCUT2D eigenvalue weighted by atomic mass is 79.9. The van der Waals surface area contributed by atoms with Crippen molar-refractivity contribution in [3.8, 4) is 0 Å². The normalized spacial score (nSPS) is 11.4. The lowest BCUT2D eigenvalue weighted by atomic mass is 10.3. The third-order valence-electron chi connectivity index (χ3n) is 1.88. The summed E-state index contributed by atoms with van der Waals surface area (Å²) in [5.74, 6) is -0.238. The molecule has 16 heavy (non-hydrogen) atoms. The minimum absolute atomic E-state index is 0. The van der Waals surface area contributed by atoms with Gasteiger partial charge in [0.1, 0.15) is 6.10 Å². The lowest BCUT2D eigenvalue weighted by Crippen LogP contribution is -2.35. The number of amides is 1. The first-order valence-electron chi connectivity index (χ1n) is 4.46. The van der Waals surface area contributed by atoms with Crippen molar-refractivity contribution >= 4 is 39.9 Å². The lowest BCUT2D eigenvalue weighted by Gasteiger charge is -2.12. The number of methoxy groups -OCH3 is 1. The molecule has 0 aliphatic heterocycles. The van der Waals surface area contributed by atoms with E-state index in [1.807, 2.05) is 12.1 Å². The third-order valence-corrected chi connectivity index (χ3v) is 2.38. The smallest absolute Gasteiger partial charge is 0.254 e. The zero-order valence-corrected chi connectivity index (χ0v) is 11.2. The van der Waals surface area contributed by atoms with Crippen LogP contribution in [0.5, 0.6) is 0 Å². The molecule has 0 fully saturated rings. The van der Waals surface area contributed by atoms with E-state index < -0.39 is 6.10 Å². The fourth-order valence-corrected chi connectivity index (χ4v) is 1.50. The predicted molar refractivity (Wildman–Crippen MR) is 69.9 cm³/mol. The highest BCUT2D eigenvalue weighted by molar-refractivity contribution is 9.10. The van der Waals surface area contributed by atoms with Crippen LogP contribution in [0.2, 0.25) is 0 Å². The topological polar surface area (TPSA) is 64.3 Å². The van der Waals surface area contributed by atoms with Crippen LogP contribution in [0.25, 0.3) is 0 Å². The second kappa shape index (κ2) is 7.62. The Morgan fingerprint density at radius 2 is 2.31 bits per heavy atom. The van der Waals surface area contributed by atoms with Crippen molar-refractivity contribution in [1.82, 2.24) is 0 Å². The van der Waals surface area contributed by atoms with Gasteiger partial charge in [-0.3, -0.25) is 4.79 Å². The Hall–Kier alpha value is -0.620. The summed E-state index contributed by atoms with van der Waals surface area (Å²) in [6, 6.07) is 7.32. The molecular weight excluding hydrogens is 295 g/mol. The van der Waals surface area contributed by atoms with E-state index in [-0.39, 0.29) is 24.9 Å². The zero-order chi connectivity index (χ0) is 11.3. The van der Waals surface area contributed by atoms with Crippen LogP contribution in [0.1, 0.15) is 0 Å². The van der Waals surface area contributed by atoms with Crippen molar-refractivity contribution in [2.75, 3.05) is 19.0 Å². The molecule has 1 amide bonds. The number of nitrogens with one attached hydrogen (secondary N) is 1. The van der Waals surface area contributed by atoms with Crippen LogP contribution in [0.3, 0.4) is 0 Å². The molecule has 0 aliphatic rings. The molecule has 0 bridgehead atoms. The maximum atomic E-state index is 11.6. The molecule has 0 spiro atoms. The van der Waals surface area contributed by atoms with Gasteiger partial charge in [-0.25, -0.2) is 0 Å². The summed E-state index contributed by atoms with van der Waals surface area (Å²) in [7, 11) is 1.46. The molecule has 0 aromatic heterocycles. The summed E-state index contributed by atoms with van der Waals surface area (Å²) >= 11 is 3.32. The summed E-state index contributed by atoms with van der Waals surface area (Å²) in [5, 5.41) is 2.71. The summed E-state index contributed by atoms with van der Waals surface area (Å²) in [6.07, 6.45) is -0.607. The van der Waals surface area contributed by atoms with Gasteiger partial charge in [0.2, 0.25) is 0 Å². The van der Waals surface area contributed by atoms with Gasteiger partial charge in [0, 0.05) is 23.8 Å². The molecular formula is C10H14BrClN2O2. The molecule has 1 aromatic rings. The number of hydrogen-bond acceptors (Lipinski definition) is 3. The van der Waals surface area contributed by atoms with Crippen molar-refractivity contribution in [1.29, 1.82) is 0 Å². The van der Waals surface area contributed by atoms with Crippen molar-refractivity contribution in [3.63, 3.8) is 0 Å². The van der Waals surface area contributed by atoms with Crippen molar-refractivity contribution in [2.45, 2.75) is 6.10 Å². The second-order valence-electron chi connectivity index (χ2n) is 2.96. The Morgan fingerprint density at radius 3 is 2.81 bits per heavy atom. The summed E-state index contributed by atoms with van der Waals surface area (Å²) < 4.78 is 5.82. The molecule has 1 aromatic carbocycles. The summed E-state index contributed by atoms with van der Waals surface area (Å²) in [6.45, 7) is 0.163. The van der Waals surface area contributed by atoms with Crippen LogP contribution in [0, 0.1) is 0 Å². The van der Waals surface area contributed by atoms with Crippen molar-refractivity contribution in [3.05, 3.63) is 28.7 Å². The van der Waals surface area contributed by atoms with Gasteiger partial charge in [-0.2, -0.15) is 0 Å². The van der Waals surface area contributed by atoms with Crippen LogP contribution >= 0.6 is 28.3 Å². The first-order valence-corrected chi connectivity index (χ1v) is 5.26. The van der Waals surface area contributed by atoms with Gasteiger partial charge >= 0.3 is 0 Å². The number of halogens is 2. The number of benzene rings is 1. The molecule has 1 unspecified atom stereocenters. The number of ether oxygens (including phenoxy) is 1. The molecule has 1 rings (SSSR count). The van der Waals surface area contributed by atoms with Gasteiger partial charge < -0.3 is 15.8 Å². The molecule has 0 saturated carbocycles. The van der Waals surface area contributed by atoms with Gasteiger partial charge in [0.25, 0.3) is 5.91 Å². The number of hydrogen-bond donors (Lipinski definition) is 2. The van der Waals surface area contributed by atoms with Crippen LogP contribution < -0.4 is 11.1 Å². The summed E-state index contributed by atoms with van der Waals surface area (Å²) in [5.41, 5.74) is 6.09. The van der Waals surface area contributed by atoms with Crippen LogP contribution in [0.4, 0.5) is 5.69 Å². The van der Waals surface area contributed by atoms with E-state index in [1.54, 1.807) is 12.1 Å². The Morgan fingerprint density at radius 1 is 1.62 bits per heavy atom. The van der Waals surface area contributed by atoms with Crippen LogP contribution in [0.15, 0.2) is 28.7 Å². The van der Waals surface area contributed by atoms with E-state index in [1.165, 1.54) is 7.11 Å². The van der Waals surface area contributed by atoms with Crippen LogP contribution in [-0.2, 0) is 9.53 Å². The fourth-order valence-electron chi connectivity index (χ4n) is 1.10. The second-order valence-corrected chi connectivity index (χ2v) is 3.88. The Labute approximate surface area is 109 Å². The maximum Gasteiger partial charge on any atom is 0.254 e.